The van der Waals surface area contributed by atoms with Crippen molar-refractivity contribution < 1.29 is 5.11 Å². The topological polar surface area (TPSA) is 32.3 Å². The molecule has 0 aliphatic rings. The van der Waals surface area contributed by atoms with Crippen LogP contribution in [0.25, 0.3) is 10.8 Å². The van der Waals surface area contributed by atoms with Gasteiger partial charge in [-0.25, -0.2) is 0 Å². The lowest BCUT2D eigenvalue weighted by atomic mass is 10.1. The van der Waals surface area contributed by atoms with Gasteiger partial charge in [-0.1, -0.05) is 46.3 Å². The molecule has 0 saturated carbocycles. The molecule has 0 amide bonds. The Morgan fingerprint density at radius 3 is 2.88 bits per heavy atom. The highest BCUT2D eigenvalue weighted by molar-refractivity contribution is 9.11. The molecule has 0 heterocycles. The Hall–Kier alpha value is -1.48. The summed E-state index contributed by atoms with van der Waals surface area (Å²) in [7, 11) is 0. The van der Waals surface area contributed by atoms with Crippen LogP contribution in [-0.2, 0) is 0 Å². The smallest absolute Gasteiger partial charge is 0.118 e. The summed E-state index contributed by atoms with van der Waals surface area (Å²) in [6.07, 6.45) is 1.96. The van der Waals surface area contributed by atoms with Gasteiger partial charge >= 0.3 is 0 Å². The molecule has 2 aromatic carbocycles. The predicted molar refractivity (Wildman–Crippen MR) is 72.2 cm³/mol. The first kappa shape index (κ1) is 11.0. The van der Waals surface area contributed by atoms with E-state index in [0.29, 0.717) is 0 Å². The molecule has 0 aliphatic carbocycles. The zero-order valence-electron chi connectivity index (χ0n) is 8.65. The van der Waals surface area contributed by atoms with E-state index in [-0.39, 0.29) is 5.75 Å². The van der Waals surface area contributed by atoms with Crippen molar-refractivity contribution in [1.29, 1.82) is 0 Å². The van der Waals surface area contributed by atoms with Crippen molar-refractivity contribution in [2.75, 3.05) is 11.9 Å². The molecule has 0 fully saturated rings. The first-order valence-corrected chi connectivity index (χ1v) is 5.93. The van der Waals surface area contributed by atoms with Crippen molar-refractivity contribution in [3.8, 4) is 5.75 Å². The van der Waals surface area contributed by atoms with Crippen LogP contribution >= 0.6 is 15.9 Å². The van der Waals surface area contributed by atoms with Crippen molar-refractivity contribution in [1.82, 2.24) is 0 Å². The number of anilines is 1. The maximum atomic E-state index is 9.60. The minimum atomic E-state index is 0.282. The first-order valence-electron chi connectivity index (χ1n) is 5.02. The molecule has 2 nitrogen and oxygen atoms in total. The van der Waals surface area contributed by atoms with E-state index in [1.165, 1.54) is 0 Å². The second-order valence-electron chi connectivity index (χ2n) is 3.46. The Morgan fingerprint density at radius 2 is 2.06 bits per heavy atom. The molecule has 2 N–H and O–H groups in total. The summed E-state index contributed by atoms with van der Waals surface area (Å²) in [6, 6.07) is 11.5. The van der Waals surface area contributed by atoms with Gasteiger partial charge in [0, 0.05) is 23.7 Å². The molecule has 0 saturated heterocycles. The Morgan fingerprint density at radius 1 is 1.25 bits per heavy atom. The van der Waals surface area contributed by atoms with Crippen LogP contribution in [-0.4, -0.2) is 11.7 Å². The third-order valence-electron chi connectivity index (χ3n) is 2.35. The molecule has 0 spiro atoms. The van der Waals surface area contributed by atoms with E-state index in [0.717, 1.165) is 23.0 Å². The van der Waals surface area contributed by atoms with E-state index in [1.54, 1.807) is 12.1 Å². The van der Waals surface area contributed by atoms with Gasteiger partial charge in [-0.2, -0.15) is 0 Å². The lowest BCUT2D eigenvalue weighted by Gasteiger charge is -2.08. The Kier molecular flexibility index (Phi) is 3.47. The van der Waals surface area contributed by atoms with Crippen LogP contribution in [0.5, 0.6) is 5.75 Å². The van der Waals surface area contributed by atoms with Crippen molar-refractivity contribution >= 4 is 32.4 Å². The van der Waals surface area contributed by atoms with E-state index >= 15 is 0 Å². The van der Waals surface area contributed by atoms with Gasteiger partial charge < -0.3 is 10.4 Å². The van der Waals surface area contributed by atoms with E-state index in [1.807, 2.05) is 35.3 Å². The van der Waals surface area contributed by atoms with E-state index < -0.39 is 0 Å². The van der Waals surface area contributed by atoms with Gasteiger partial charge in [0.25, 0.3) is 0 Å². The standard InChI is InChI=1S/C13H12BrNO/c14-6-3-7-15-13-9-11(16)8-10-4-1-2-5-12(10)13/h1-6,8-9,15-16H,7H2. The fraction of sp³-hybridized carbons (Fsp3) is 0.0769. The van der Waals surface area contributed by atoms with Crippen LogP contribution in [0.15, 0.2) is 47.5 Å². The zero-order valence-corrected chi connectivity index (χ0v) is 10.2. The largest absolute Gasteiger partial charge is 0.508 e. The highest BCUT2D eigenvalue weighted by Crippen LogP contribution is 2.28. The second-order valence-corrected chi connectivity index (χ2v) is 3.99. The Labute approximate surface area is 103 Å². The summed E-state index contributed by atoms with van der Waals surface area (Å²) in [6.45, 7) is 0.721. The molecule has 3 heteroatoms. The number of nitrogens with one attached hydrogen (secondary N) is 1. The average molecular weight is 278 g/mol. The fourth-order valence-electron chi connectivity index (χ4n) is 1.65. The minimum absolute atomic E-state index is 0.282. The van der Waals surface area contributed by atoms with Crippen LogP contribution in [0.3, 0.4) is 0 Å². The Bertz CT molecular complexity index is 522. The summed E-state index contributed by atoms with van der Waals surface area (Å²) in [5, 5.41) is 15.0. The van der Waals surface area contributed by atoms with Crippen molar-refractivity contribution in [2.45, 2.75) is 0 Å². The van der Waals surface area contributed by atoms with Gasteiger partial charge in [0.05, 0.1) is 0 Å². The highest BCUT2D eigenvalue weighted by Gasteiger charge is 2.01. The number of rotatable bonds is 3. The number of aromatic hydroxyl groups is 1. The highest BCUT2D eigenvalue weighted by atomic mass is 79.9. The monoisotopic (exact) mass is 277 g/mol. The van der Waals surface area contributed by atoms with Gasteiger partial charge in [-0.15, -0.1) is 0 Å². The zero-order chi connectivity index (χ0) is 11.4. The van der Waals surface area contributed by atoms with Crippen LogP contribution < -0.4 is 5.32 Å². The van der Waals surface area contributed by atoms with Crippen LogP contribution in [0.1, 0.15) is 0 Å². The third kappa shape index (κ3) is 2.36. The number of hydrogen-bond donors (Lipinski definition) is 2. The van der Waals surface area contributed by atoms with Crippen molar-refractivity contribution in [3.05, 3.63) is 47.5 Å². The SMILES string of the molecule is Oc1cc(NCC=CBr)c2ccccc2c1. The molecular formula is C13H12BrNO. The molecule has 0 bridgehead atoms. The first-order chi connectivity index (χ1) is 7.81. The van der Waals surface area contributed by atoms with E-state index in [2.05, 4.69) is 21.2 Å². The maximum Gasteiger partial charge on any atom is 0.118 e. The normalized spacial score (nSPS) is 11.1. The molecule has 0 aromatic heterocycles. The second kappa shape index (κ2) is 5.03. The third-order valence-corrected chi connectivity index (χ3v) is 2.72. The Balaban J connectivity index is 2.42. The van der Waals surface area contributed by atoms with Crippen LogP contribution in [0, 0.1) is 0 Å². The number of benzene rings is 2. The number of halogens is 1. The maximum absolute atomic E-state index is 9.60. The van der Waals surface area contributed by atoms with Crippen molar-refractivity contribution in [3.63, 3.8) is 0 Å². The van der Waals surface area contributed by atoms with E-state index in [9.17, 15) is 5.11 Å². The summed E-state index contributed by atoms with van der Waals surface area (Å²) in [4.78, 5) is 1.81. The van der Waals surface area contributed by atoms with Crippen molar-refractivity contribution in [2.24, 2.45) is 0 Å². The lowest BCUT2D eigenvalue weighted by molar-refractivity contribution is 0.476. The molecule has 0 unspecified atom stereocenters. The number of hydrogen-bond acceptors (Lipinski definition) is 2. The fourth-order valence-corrected chi connectivity index (χ4v) is 1.84. The minimum Gasteiger partial charge on any atom is -0.508 e. The summed E-state index contributed by atoms with van der Waals surface area (Å²) >= 11 is 3.22. The van der Waals surface area contributed by atoms with E-state index in [4.69, 9.17) is 0 Å². The molecule has 2 rings (SSSR count). The number of fused-ring (bicyclic) bond motifs is 1. The molecule has 0 aliphatic heterocycles. The van der Waals surface area contributed by atoms with Gasteiger partial charge in [-0.3, -0.25) is 0 Å². The van der Waals surface area contributed by atoms with Gasteiger partial charge in [-0.05, 0) is 16.4 Å². The molecule has 0 atom stereocenters. The summed E-state index contributed by atoms with van der Waals surface area (Å²) in [5.74, 6) is 0.282. The van der Waals surface area contributed by atoms with Gasteiger partial charge in [0.15, 0.2) is 0 Å². The number of phenols is 1. The molecule has 2 aromatic rings. The van der Waals surface area contributed by atoms with Crippen LogP contribution in [0.2, 0.25) is 0 Å². The van der Waals surface area contributed by atoms with Gasteiger partial charge in [0.2, 0.25) is 0 Å². The lowest BCUT2D eigenvalue weighted by Crippen LogP contribution is -1.98. The van der Waals surface area contributed by atoms with Crippen LogP contribution in [0.4, 0.5) is 5.69 Å². The molecule has 16 heavy (non-hydrogen) atoms. The van der Waals surface area contributed by atoms with Gasteiger partial charge in [0.1, 0.15) is 5.75 Å². The predicted octanol–water partition coefficient (Wildman–Crippen LogP) is 3.87. The summed E-state index contributed by atoms with van der Waals surface area (Å²) < 4.78 is 0. The quantitative estimate of drug-likeness (QED) is 0.893. The molecule has 82 valence electrons. The molecular weight excluding hydrogens is 266 g/mol. The number of phenolic OH excluding ortho intramolecular Hbond substituents is 1. The average Bonchev–Trinajstić information content (AvgIpc) is 2.29. The summed E-state index contributed by atoms with van der Waals surface area (Å²) in [5.41, 5.74) is 0.946. The molecule has 0 radical (unpaired) electrons.